The molecule has 16 nitrogen and oxygen atoms in total. The second-order valence-electron chi connectivity index (χ2n) is 18.1. The summed E-state index contributed by atoms with van der Waals surface area (Å²) >= 11 is 0. The van der Waals surface area contributed by atoms with Gasteiger partial charge in [0, 0.05) is 97.2 Å². The Morgan fingerprint density at radius 1 is 0.611 bits per heavy atom. The van der Waals surface area contributed by atoms with E-state index in [-0.39, 0.29) is 23.2 Å². The molecule has 0 saturated carbocycles. The summed E-state index contributed by atoms with van der Waals surface area (Å²) in [4.78, 5) is 12.4. The molecule has 0 amide bonds. The maximum absolute atomic E-state index is 14.6. The van der Waals surface area contributed by atoms with Gasteiger partial charge in [-0.05, 0) is 124 Å². The van der Waals surface area contributed by atoms with E-state index in [0.29, 0.717) is 36.7 Å². The van der Waals surface area contributed by atoms with Crippen molar-refractivity contribution in [2.75, 3.05) is 40.4 Å². The van der Waals surface area contributed by atoms with E-state index >= 15 is 0 Å². The van der Waals surface area contributed by atoms with Crippen LogP contribution < -0.4 is 9.47 Å². The molecule has 0 aliphatic carbocycles. The number of hydrogen-bond donors (Lipinski definition) is 2. The van der Waals surface area contributed by atoms with Gasteiger partial charge in [-0.3, -0.25) is 30.0 Å². The minimum Gasteiger partial charge on any atom is -0.496 e. The number of H-pyrrole nitrogens is 2. The van der Waals surface area contributed by atoms with E-state index in [9.17, 15) is 8.78 Å². The minimum atomic E-state index is -0.857. The number of aromatic nitrogens is 12. The monoisotopic (exact) mass is 967 g/mol. The molecule has 10 aromatic rings. The van der Waals surface area contributed by atoms with E-state index in [0.717, 1.165) is 106 Å². The first kappa shape index (κ1) is 45.0. The van der Waals surface area contributed by atoms with Crippen molar-refractivity contribution in [2.24, 2.45) is 0 Å². The lowest BCUT2D eigenvalue weighted by Gasteiger charge is -2.32. The molecule has 4 aromatic carbocycles. The highest BCUT2D eigenvalue weighted by Gasteiger charge is 2.27. The van der Waals surface area contributed by atoms with E-state index in [1.54, 1.807) is 54.8 Å². The van der Waals surface area contributed by atoms with E-state index in [1.165, 1.54) is 19.2 Å². The Balaban J connectivity index is 0.000000157. The lowest BCUT2D eigenvalue weighted by atomic mass is 9.95. The first-order valence-corrected chi connectivity index (χ1v) is 24.0. The average molecular weight is 968 g/mol. The normalized spacial score (nSPS) is 17.1. The van der Waals surface area contributed by atoms with Crippen LogP contribution in [0.25, 0.3) is 55.7 Å². The third-order valence-electron chi connectivity index (χ3n) is 13.6. The summed E-state index contributed by atoms with van der Waals surface area (Å²) in [5, 5.41) is 35.0. The summed E-state index contributed by atoms with van der Waals surface area (Å²) in [5.41, 5.74) is 10.1. The van der Waals surface area contributed by atoms with Gasteiger partial charge in [0.05, 0.1) is 60.4 Å². The lowest BCUT2D eigenvalue weighted by Crippen LogP contribution is -2.34. The zero-order chi connectivity index (χ0) is 49.8. The number of aromatic amines is 2. The van der Waals surface area contributed by atoms with Crippen LogP contribution in [0.3, 0.4) is 0 Å². The number of halogens is 2. The molecule has 8 heterocycles. The highest BCUT2D eigenvalue weighted by atomic mass is 19.1. The maximum atomic E-state index is 14.6. The van der Waals surface area contributed by atoms with Crippen molar-refractivity contribution in [1.82, 2.24) is 70.2 Å². The number of pyridine rings is 2. The van der Waals surface area contributed by atoms with Crippen molar-refractivity contribution in [1.29, 1.82) is 0 Å². The van der Waals surface area contributed by atoms with E-state index in [4.69, 9.17) is 10.8 Å². The molecule has 3 atom stereocenters. The van der Waals surface area contributed by atoms with Gasteiger partial charge in [-0.25, -0.2) is 18.1 Å². The molecule has 2 N–H and O–H groups in total. The van der Waals surface area contributed by atoms with E-state index in [1.807, 2.05) is 82.6 Å². The molecule has 18 heteroatoms. The quantitative estimate of drug-likeness (QED) is 0.119. The summed E-state index contributed by atoms with van der Waals surface area (Å²) in [6, 6.07) is 29.5. The molecule has 6 aromatic heterocycles. The van der Waals surface area contributed by atoms with Gasteiger partial charge in [0.1, 0.15) is 34.5 Å². The number of nitrogens with one attached hydrogen (secondary N) is 2. The Bertz CT molecular complexity index is 3490. The molecule has 2 aliphatic rings. The van der Waals surface area contributed by atoms with Gasteiger partial charge in [0.25, 0.3) is 0 Å². The van der Waals surface area contributed by atoms with Crippen LogP contribution in [-0.4, -0.2) is 111 Å². The Morgan fingerprint density at radius 3 is 1.62 bits per heavy atom. The third-order valence-corrected chi connectivity index (χ3v) is 13.6. The van der Waals surface area contributed by atoms with Gasteiger partial charge in [-0.1, -0.05) is 22.6 Å². The van der Waals surface area contributed by atoms with Crippen molar-refractivity contribution in [3.05, 3.63) is 168 Å². The van der Waals surface area contributed by atoms with Gasteiger partial charge < -0.3 is 9.47 Å². The fraction of sp³-hybridized carbons (Fsp3) is 0.259. The molecule has 0 radical (unpaired) electrons. The number of ether oxygens (including phenoxy) is 2. The van der Waals surface area contributed by atoms with Crippen molar-refractivity contribution in [3.63, 3.8) is 0 Å². The summed E-state index contributed by atoms with van der Waals surface area (Å²) < 4.78 is 52.2. The van der Waals surface area contributed by atoms with Crippen molar-refractivity contribution in [2.45, 2.75) is 50.6 Å². The Labute approximate surface area is 415 Å². The smallest absolute Gasteiger partial charge is 0.131 e. The molecule has 2 aliphatic heterocycles. The number of piperidine rings is 2. The predicted molar refractivity (Wildman–Crippen MR) is 269 cm³/mol. The van der Waals surface area contributed by atoms with Crippen molar-refractivity contribution >= 4 is 21.8 Å². The molecule has 0 spiro atoms. The SMILES string of the molecule is COc1cccc(F)c1CN1CCC[C@@H](c2cn(-c3ccc4[nH]nc(-c5ccncc5)c4c3)nn2)C1.[2H]C(c1c(F)cccc1OC)N1CCC[C@@H](c2cn(-c3ccc4[nH]nc(-c5ccncc5)c4c3)nn2)C1. The minimum absolute atomic E-state index is 0.0955. The maximum Gasteiger partial charge on any atom is 0.131 e. The standard InChI is InChI=1S/2C27H26FN7O/c2*1-36-26-6-2-5-23(28)22(26)16-34-13-3-4-19(15-34)25-17-35(33-31-25)20-7-8-24-21(14-20)27(32-30-24)18-9-11-29-12-10-18/h2*2,5-12,14,17,19H,3-4,13,15-16H2,1H3,(H,30,32)/t2*19-/m11/s1/i16D;/t16?,19-;. The van der Waals surface area contributed by atoms with Gasteiger partial charge in [0.2, 0.25) is 0 Å². The average Bonchev–Trinajstić information content (AvgIpc) is 4.29. The zero-order valence-corrected chi connectivity index (χ0v) is 39.7. The highest BCUT2D eigenvalue weighted by Crippen LogP contribution is 2.34. The Hall–Kier alpha value is -8.22. The summed E-state index contributed by atoms with van der Waals surface area (Å²) in [6.07, 6.45) is 14.8. The summed E-state index contributed by atoms with van der Waals surface area (Å²) in [5.74, 6) is 0.655. The second-order valence-corrected chi connectivity index (χ2v) is 18.1. The summed E-state index contributed by atoms with van der Waals surface area (Å²) in [7, 11) is 3.08. The molecule has 1 unspecified atom stereocenters. The Kier molecular flexibility index (Phi) is 12.9. The third kappa shape index (κ3) is 9.65. The highest BCUT2D eigenvalue weighted by molar-refractivity contribution is 5.95. The number of hydrogen-bond acceptors (Lipinski definition) is 12. The molecule has 12 rings (SSSR count). The molecular weight excluding hydrogens is 915 g/mol. The number of nitrogens with zero attached hydrogens (tertiary/aromatic N) is 12. The van der Waals surface area contributed by atoms with E-state index < -0.39 is 12.3 Å². The topological polar surface area (TPSA) is 169 Å². The van der Waals surface area contributed by atoms with Crippen LogP contribution in [0, 0.1) is 11.6 Å². The van der Waals surface area contributed by atoms with Gasteiger partial charge in [-0.2, -0.15) is 10.2 Å². The first-order valence-electron chi connectivity index (χ1n) is 24.5. The van der Waals surface area contributed by atoms with Crippen LogP contribution in [0.5, 0.6) is 11.5 Å². The zero-order valence-electron chi connectivity index (χ0n) is 40.7. The molecule has 2 saturated heterocycles. The predicted octanol–water partition coefficient (Wildman–Crippen LogP) is 9.47. The fourth-order valence-corrected chi connectivity index (χ4v) is 9.84. The number of benzene rings is 4. The van der Waals surface area contributed by atoms with Crippen LogP contribution in [0.2, 0.25) is 0 Å². The molecule has 364 valence electrons. The van der Waals surface area contributed by atoms with Crippen LogP contribution in [0.1, 0.15) is 61.4 Å². The molecule has 2 fully saturated rings. The second kappa shape index (κ2) is 20.6. The first-order chi connectivity index (χ1) is 35.8. The van der Waals surface area contributed by atoms with Crippen LogP contribution >= 0.6 is 0 Å². The van der Waals surface area contributed by atoms with Crippen LogP contribution in [0.4, 0.5) is 8.78 Å². The van der Waals surface area contributed by atoms with Crippen molar-refractivity contribution < 1.29 is 19.6 Å². The lowest BCUT2D eigenvalue weighted by molar-refractivity contribution is 0.194. The van der Waals surface area contributed by atoms with Gasteiger partial charge in [-0.15, -0.1) is 10.2 Å². The molecule has 72 heavy (non-hydrogen) atoms. The van der Waals surface area contributed by atoms with Crippen LogP contribution in [-0.2, 0) is 13.1 Å². The number of fused-ring (bicyclic) bond motifs is 2. The van der Waals surface area contributed by atoms with Crippen molar-refractivity contribution in [3.8, 4) is 45.4 Å². The van der Waals surface area contributed by atoms with Crippen LogP contribution in [0.15, 0.2) is 134 Å². The fourth-order valence-electron chi connectivity index (χ4n) is 9.84. The largest absolute Gasteiger partial charge is 0.496 e. The molecular formula is C54H52F2N14O2. The molecule has 0 bridgehead atoms. The van der Waals surface area contributed by atoms with E-state index in [2.05, 4.69) is 62.0 Å². The number of methoxy groups -OCH3 is 2. The Morgan fingerprint density at radius 2 is 1.10 bits per heavy atom. The summed E-state index contributed by atoms with van der Waals surface area (Å²) in [6.45, 7) is 2.67. The van der Waals surface area contributed by atoms with Gasteiger partial charge >= 0.3 is 0 Å². The number of rotatable bonds is 12. The van der Waals surface area contributed by atoms with Gasteiger partial charge in [0.15, 0.2) is 0 Å². The number of likely N-dealkylation sites (tertiary alicyclic amines) is 2.